The summed E-state index contributed by atoms with van der Waals surface area (Å²) in [4.78, 5) is 21.9. The van der Waals surface area contributed by atoms with Gasteiger partial charge in [-0.15, -0.1) is 0 Å². The molecule has 2 N–H and O–H groups in total. The third kappa shape index (κ3) is 7.44. The molecule has 34 heavy (non-hydrogen) atoms. The van der Waals surface area contributed by atoms with Gasteiger partial charge in [-0.25, -0.2) is 4.79 Å². The van der Waals surface area contributed by atoms with Crippen LogP contribution < -0.4 is 4.74 Å². The molecule has 0 aliphatic rings. The first-order chi connectivity index (χ1) is 15.9. The summed E-state index contributed by atoms with van der Waals surface area (Å²) in [5, 5.41) is 10.4. The van der Waals surface area contributed by atoms with E-state index >= 15 is 0 Å². The lowest BCUT2D eigenvalue weighted by atomic mass is 10.0. The SMILES string of the molecule is CC(C)OC(=O)c1cccc(Cc2cc(Oc3c(Br)cc(CP(C)(=O)O)cc3Br)ccc2O)c1. The Balaban J connectivity index is 1.83. The van der Waals surface area contributed by atoms with Crippen LogP contribution in [0.25, 0.3) is 0 Å². The van der Waals surface area contributed by atoms with Crippen LogP contribution in [0.1, 0.15) is 40.9 Å². The fraction of sp³-hybridized carbons (Fsp3) is 0.240. The maximum atomic E-state index is 12.2. The van der Waals surface area contributed by atoms with Crippen molar-refractivity contribution in [2.75, 3.05) is 6.66 Å². The van der Waals surface area contributed by atoms with Gasteiger partial charge in [0.25, 0.3) is 0 Å². The highest BCUT2D eigenvalue weighted by Gasteiger charge is 2.17. The van der Waals surface area contributed by atoms with Crippen molar-refractivity contribution >= 4 is 45.2 Å². The van der Waals surface area contributed by atoms with Gasteiger partial charge in [0, 0.05) is 24.8 Å². The normalized spacial score (nSPS) is 12.9. The van der Waals surface area contributed by atoms with Crippen molar-refractivity contribution < 1.29 is 28.8 Å². The summed E-state index contributed by atoms with van der Waals surface area (Å²) in [7, 11) is -3.21. The predicted octanol–water partition coefficient (Wildman–Crippen LogP) is 7.27. The summed E-state index contributed by atoms with van der Waals surface area (Å²) < 4.78 is 24.3. The second kappa shape index (κ2) is 11.1. The van der Waals surface area contributed by atoms with E-state index in [9.17, 15) is 19.4 Å². The van der Waals surface area contributed by atoms with Gasteiger partial charge in [-0.1, -0.05) is 12.1 Å². The Kier molecular flexibility index (Phi) is 8.63. The van der Waals surface area contributed by atoms with Gasteiger partial charge in [0.15, 0.2) is 5.75 Å². The Labute approximate surface area is 215 Å². The highest BCUT2D eigenvalue weighted by atomic mass is 79.9. The smallest absolute Gasteiger partial charge is 0.338 e. The number of phenols is 1. The van der Waals surface area contributed by atoms with Crippen molar-refractivity contribution in [3.05, 3.63) is 85.8 Å². The number of esters is 1. The molecule has 0 saturated heterocycles. The first kappa shape index (κ1) is 26.5. The highest BCUT2D eigenvalue weighted by molar-refractivity contribution is 9.11. The monoisotopic (exact) mass is 610 g/mol. The number of aromatic hydroxyl groups is 1. The van der Waals surface area contributed by atoms with Crippen molar-refractivity contribution in [1.29, 1.82) is 0 Å². The number of carbonyl (C=O) groups excluding carboxylic acids is 1. The van der Waals surface area contributed by atoms with E-state index in [1.54, 1.807) is 62.4 Å². The van der Waals surface area contributed by atoms with E-state index in [4.69, 9.17) is 9.47 Å². The number of carbonyl (C=O) groups is 1. The van der Waals surface area contributed by atoms with Gasteiger partial charge in [-0.05, 0) is 99.3 Å². The Morgan fingerprint density at radius 1 is 1.03 bits per heavy atom. The molecule has 9 heteroatoms. The zero-order valence-corrected chi connectivity index (χ0v) is 23.0. The molecule has 0 aliphatic heterocycles. The Morgan fingerprint density at radius 3 is 2.32 bits per heavy atom. The summed E-state index contributed by atoms with van der Waals surface area (Å²) in [6.45, 7) is 4.91. The lowest BCUT2D eigenvalue weighted by Crippen LogP contribution is -2.11. The number of halogens is 2. The molecular weight excluding hydrogens is 587 g/mol. The average Bonchev–Trinajstić information content (AvgIpc) is 2.71. The van der Waals surface area contributed by atoms with E-state index < -0.39 is 13.3 Å². The minimum absolute atomic E-state index is 0.0532. The molecule has 0 heterocycles. The third-order valence-corrected chi connectivity index (χ3v) is 6.83. The summed E-state index contributed by atoms with van der Waals surface area (Å²) in [6.07, 6.45) is 0.226. The number of hydrogen-bond acceptors (Lipinski definition) is 5. The van der Waals surface area contributed by atoms with Crippen molar-refractivity contribution in [3.8, 4) is 17.2 Å². The molecule has 3 aromatic rings. The number of hydrogen-bond donors (Lipinski definition) is 2. The molecule has 180 valence electrons. The lowest BCUT2D eigenvalue weighted by Gasteiger charge is -2.14. The third-order valence-electron chi connectivity index (χ3n) is 4.70. The van der Waals surface area contributed by atoms with E-state index in [2.05, 4.69) is 31.9 Å². The molecule has 0 aliphatic carbocycles. The van der Waals surface area contributed by atoms with Crippen LogP contribution in [0.5, 0.6) is 17.2 Å². The van der Waals surface area contributed by atoms with Gasteiger partial charge in [-0.2, -0.15) is 0 Å². The van der Waals surface area contributed by atoms with Crippen LogP contribution >= 0.6 is 39.2 Å². The molecule has 0 amide bonds. The van der Waals surface area contributed by atoms with Crippen molar-refractivity contribution in [2.45, 2.75) is 32.5 Å². The van der Waals surface area contributed by atoms with Crippen LogP contribution in [0, 0.1) is 0 Å². The summed E-state index contributed by atoms with van der Waals surface area (Å²) >= 11 is 6.94. The van der Waals surface area contributed by atoms with E-state index in [1.807, 2.05) is 6.07 Å². The molecule has 0 bridgehead atoms. The minimum atomic E-state index is -3.21. The van der Waals surface area contributed by atoms with E-state index in [0.717, 1.165) is 5.56 Å². The zero-order chi connectivity index (χ0) is 25.0. The number of phenolic OH excluding ortho intramolecular Hbond substituents is 1. The minimum Gasteiger partial charge on any atom is -0.508 e. The first-order valence-electron chi connectivity index (χ1n) is 10.5. The van der Waals surface area contributed by atoms with E-state index in [1.165, 1.54) is 6.66 Å². The van der Waals surface area contributed by atoms with Crippen LogP contribution in [0.2, 0.25) is 0 Å². The van der Waals surface area contributed by atoms with Gasteiger partial charge in [0.1, 0.15) is 11.5 Å². The molecule has 0 aromatic heterocycles. The maximum Gasteiger partial charge on any atom is 0.338 e. The van der Waals surface area contributed by atoms with Gasteiger partial charge < -0.3 is 19.5 Å². The van der Waals surface area contributed by atoms with Gasteiger partial charge >= 0.3 is 5.97 Å². The quantitative estimate of drug-likeness (QED) is 0.206. The average molecular weight is 612 g/mol. The Hall–Kier alpha value is -2.12. The van der Waals surface area contributed by atoms with Crippen LogP contribution in [0.4, 0.5) is 0 Å². The molecule has 0 spiro atoms. The molecule has 0 fully saturated rings. The molecule has 0 saturated carbocycles. The summed E-state index contributed by atoms with van der Waals surface area (Å²) in [5.41, 5.74) is 2.61. The molecule has 1 atom stereocenters. The molecule has 3 rings (SSSR count). The first-order valence-corrected chi connectivity index (χ1v) is 14.4. The predicted molar refractivity (Wildman–Crippen MR) is 139 cm³/mol. The topological polar surface area (TPSA) is 93.1 Å². The Bertz CT molecular complexity index is 1230. The van der Waals surface area contributed by atoms with Gasteiger partial charge in [0.2, 0.25) is 7.37 Å². The second-order valence-electron chi connectivity index (χ2n) is 8.32. The highest BCUT2D eigenvalue weighted by Crippen LogP contribution is 2.44. The number of rotatable bonds is 8. The van der Waals surface area contributed by atoms with Gasteiger partial charge in [-0.3, -0.25) is 4.57 Å². The number of benzene rings is 3. The standard InChI is InChI=1S/C25H25Br2O6P/c1-15(2)32-25(29)18-6-4-5-16(9-18)10-19-13-20(7-8-23(19)28)33-24-21(26)11-17(12-22(24)27)14-34(3,30)31/h4-9,11-13,15,28H,10,14H2,1-3H3,(H,30,31). The number of ether oxygens (including phenoxy) is 2. The summed E-state index contributed by atoms with van der Waals surface area (Å²) in [6, 6.07) is 15.5. The van der Waals surface area contributed by atoms with Crippen molar-refractivity contribution in [2.24, 2.45) is 0 Å². The molecule has 3 aromatic carbocycles. The second-order valence-corrected chi connectivity index (χ2v) is 12.4. The largest absolute Gasteiger partial charge is 0.508 e. The summed E-state index contributed by atoms with van der Waals surface area (Å²) in [5.74, 6) is 0.720. The fourth-order valence-corrected chi connectivity index (χ4v) is 5.64. The molecule has 6 nitrogen and oxygen atoms in total. The maximum absolute atomic E-state index is 12.2. The molecular formula is C25H25Br2O6P. The Morgan fingerprint density at radius 2 is 1.71 bits per heavy atom. The van der Waals surface area contributed by atoms with Crippen LogP contribution in [-0.4, -0.2) is 28.7 Å². The fourth-order valence-electron chi connectivity index (χ4n) is 3.34. The molecule has 1 unspecified atom stereocenters. The van der Waals surface area contributed by atoms with Crippen LogP contribution in [0.3, 0.4) is 0 Å². The van der Waals surface area contributed by atoms with E-state index in [-0.39, 0.29) is 18.0 Å². The molecule has 0 radical (unpaired) electrons. The lowest BCUT2D eigenvalue weighted by molar-refractivity contribution is 0.0377. The zero-order valence-electron chi connectivity index (χ0n) is 18.9. The van der Waals surface area contributed by atoms with E-state index in [0.29, 0.717) is 43.6 Å². The van der Waals surface area contributed by atoms with Crippen LogP contribution in [-0.2, 0) is 21.9 Å². The van der Waals surface area contributed by atoms with Crippen molar-refractivity contribution in [1.82, 2.24) is 0 Å². The van der Waals surface area contributed by atoms with Crippen molar-refractivity contribution in [3.63, 3.8) is 0 Å². The van der Waals surface area contributed by atoms with Crippen LogP contribution in [0.15, 0.2) is 63.5 Å². The van der Waals surface area contributed by atoms with Gasteiger partial charge in [0.05, 0.1) is 20.6 Å².